The van der Waals surface area contributed by atoms with Crippen LogP contribution in [0.1, 0.15) is 24.2 Å². The van der Waals surface area contributed by atoms with Crippen LogP contribution in [0.25, 0.3) is 0 Å². The quantitative estimate of drug-likeness (QED) is 0.850. The molecule has 1 unspecified atom stereocenters. The number of aryl methyl sites for hydroxylation is 1. The first kappa shape index (κ1) is 14.1. The Labute approximate surface area is 118 Å². The van der Waals surface area contributed by atoms with Crippen LogP contribution < -0.4 is 5.32 Å². The number of nitrogens with zero attached hydrogens (tertiary/aromatic N) is 2. The minimum atomic E-state index is -0.550. The Hall–Kier alpha value is -2.30. The molecule has 106 valence electrons. The molecule has 1 atom stereocenters. The number of benzene rings is 1. The van der Waals surface area contributed by atoms with Gasteiger partial charge in [-0.2, -0.15) is 5.10 Å². The van der Waals surface area contributed by atoms with Gasteiger partial charge in [-0.3, -0.25) is 4.68 Å². The molecule has 0 aliphatic heterocycles. The molecule has 0 aliphatic rings. The van der Waals surface area contributed by atoms with Gasteiger partial charge in [0, 0.05) is 24.0 Å². The average molecular weight is 273 g/mol. The number of anilines is 1. The Kier molecular flexibility index (Phi) is 4.40. The van der Waals surface area contributed by atoms with E-state index in [9.17, 15) is 4.79 Å². The SMILES string of the molecule is CCOC(=O)C(Nc1ccccc1)c1cnn(C)c1C. The summed E-state index contributed by atoms with van der Waals surface area (Å²) in [6.45, 7) is 4.08. The number of carbonyl (C=O) groups excluding carboxylic acids is 1. The lowest BCUT2D eigenvalue weighted by Crippen LogP contribution is -2.24. The first-order chi connectivity index (χ1) is 9.63. The monoisotopic (exact) mass is 273 g/mol. The van der Waals surface area contributed by atoms with E-state index in [1.54, 1.807) is 17.8 Å². The van der Waals surface area contributed by atoms with Crippen LogP contribution in [-0.2, 0) is 16.6 Å². The van der Waals surface area contributed by atoms with Crippen LogP contribution in [0.3, 0.4) is 0 Å². The Morgan fingerprint density at radius 2 is 2.10 bits per heavy atom. The highest BCUT2D eigenvalue weighted by molar-refractivity contribution is 5.81. The van der Waals surface area contributed by atoms with Gasteiger partial charge >= 0.3 is 5.97 Å². The molecule has 1 aromatic carbocycles. The number of carbonyl (C=O) groups is 1. The second kappa shape index (κ2) is 6.23. The van der Waals surface area contributed by atoms with Crippen LogP contribution in [0.4, 0.5) is 5.69 Å². The van der Waals surface area contributed by atoms with E-state index in [0.29, 0.717) is 6.61 Å². The number of ether oxygens (including phenoxy) is 1. The van der Waals surface area contributed by atoms with E-state index in [1.165, 1.54) is 0 Å². The zero-order valence-corrected chi connectivity index (χ0v) is 12.0. The Morgan fingerprint density at radius 1 is 1.40 bits per heavy atom. The topological polar surface area (TPSA) is 56.1 Å². The third-order valence-corrected chi connectivity index (χ3v) is 3.19. The van der Waals surface area contributed by atoms with E-state index in [0.717, 1.165) is 16.9 Å². The highest BCUT2D eigenvalue weighted by Crippen LogP contribution is 2.23. The molecule has 0 fully saturated rings. The molecule has 0 saturated heterocycles. The van der Waals surface area contributed by atoms with Crippen molar-refractivity contribution in [3.8, 4) is 0 Å². The van der Waals surface area contributed by atoms with Crippen LogP contribution in [-0.4, -0.2) is 22.4 Å². The summed E-state index contributed by atoms with van der Waals surface area (Å²) in [5.41, 5.74) is 2.63. The molecule has 5 heteroatoms. The van der Waals surface area contributed by atoms with Gasteiger partial charge in [0.05, 0.1) is 12.8 Å². The largest absolute Gasteiger partial charge is 0.464 e. The lowest BCUT2D eigenvalue weighted by molar-refractivity contribution is -0.144. The molecule has 20 heavy (non-hydrogen) atoms. The first-order valence-electron chi connectivity index (χ1n) is 6.60. The van der Waals surface area contributed by atoms with Crippen molar-refractivity contribution in [1.82, 2.24) is 9.78 Å². The number of nitrogens with one attached hydrogen (secondary N) is 1. The van der Waals surface area contributed by atoms with Crippen molar-refractivity contribution in [3.05, 3.63) is 47.8 Å². The smallest absolute Gasteiger partial charge is 0.333 e. The van der Waals surface area contributed by atoms with E-state index in [1.807, 2.05) is 44.3 Å². The van der Waals surface area contributed by atoms with Crippen LogP contribution in [0.15, 0.2) is 36.5 Å². The summed E-state index contributed by atoms with van der Waals surface area (Å²) in [4.78, 5) is 12.2. The molecule has 0 amide bonds. The van der Waals surface area contributed by atoms with Gasteiger partial charge in [0.15, 0.2) is 6.04 Å². The summed E-state index contributed by atoms with van der Waals surface area (Å²) < 4.78 is 6.90. The van der Waals surface area contributed by atoms with Crippen LogP contribution in [0.2, 0.25) is 0 Å². The van der Waals surface area contributed by atoms with Gasteiger partial charge < -0.3 is 10.1 Å². The van der Waals surface area contributed by atoms with Gasteiger partial charge in [0.25, 0.3) is 0 Å². The fraction of sp³-hybridized carbons (Fsp3) is 0.333. The van der Waals surface area contributed by atoms with Crippen molar-refractivity contribution in [2.24, 2.45) is 7.05 Å². The molecule has 2 aromatic rings. The van der Waals surface area contributed by atoms with Gasteiger partial charge in [0.1, 0.15) is 0 Å². The highest BCUT2D eigenvalue weighted by Gasteiger charge is 2.25. The van der Waals surface area contributed by atoms with E-state index >= 15 is 0 Å². The zero-order chi connectivity index (χ0) is 14.5. The van der Waals surface area contributed by atoms with Crippen molar-refractivity contribution < 1.29 is 9.53 Å². The predicted octanol–water partition coefficient (Wildman–Crippen LogP) is 2.44. The summed E-state index contributed by atoms with van der Waals surface area (Å²) >= 11 is 0. The maximum atomic E-state index is 12.2. The van der Waals surface area contributed by atoms with E-state index in [-0.39, 0.29) is 5.97 Å². The molecule has 1 N–H and O–H groups in total. The molecule has 0 bridgehead atoms. The highest BCUT2D eigenvalue weighted by atomic mass is 16.5. The molecular formula is C15H19N3O2. The normalized spacial score (nSPS) is 11.9. The van der Waals surface area contributed by atoms with Crippen molar-refractivity contribution in [2.75, 3.05) is 11.9 Å². The minimum Gasteiger partial charge on any atom is -0.464 e. The zero-order valence-electron chi connectivity index (χ0n) is 12.0. The van der Waals surface area contributed by atoms with Crippen molar-refractivity contribution in [1.29, 1.82) is 0 Å². The molecule has 0 radical (unpaired) electrons. The minimum absolute atomic E-state index is 0.299. The van der Waals surface area contributed by atoms with Gasteiger partial charge in [-0.1, -0.05) is 18.2 Å². The number of aromatic nitrogens is 2. The van der Waals surface area contributed by atoms with Gasteiger partial charge in [-0.25, -0.2) is 4.79 Å². The second-order valence-electron chi connectivity index (χ2n) is 4.50. The molecule has 0 spiro atoms. The average Bonchev–Trinajstić information content (AvgIpc) is 2.78. The summed E-state index contributed by atoms with van der Waals surface area (Å²) in [7, 11) is 1.85. The Bertz CT molecular complexity index is 578. The lowest BCUT2D eigenvalue weighted by atomic mass is 10.1. The van der Waals surface area contributed by atoms with Crippen LogP contribution in [0.5, 0.6) is 0 Å². The van der Waals surface area contributed by atoms with E-state index in [4.69, 9.17) is 4.74 Å². The fourth-order valence-electron chi connectivity index (χ4n) is 1.99. The maximum absolute atomic E-state index is 12.2. The molecule has 5 nitrogen and oxygen atoms in total. The van der Waals surface area contributed by atoms with E-state index in [2.05, 4.69) is 10.4 Å². The standard InChI is InChI=1S/C15H19N3O2/c1-4-20-15(19)14(13-10-16-18(3)11(13)2)17-12-8-6-5-7-9-12/h5-10,14,17H,4H2,1-3H3. The fourth-order valence-corrected chi connectivity index (χ4v) is 1.99. The lowest BCUT2D eigenvalue weighted by Gasteiger charge is -2.18. The summed E-state index contributed by atoms with van der Waals surface area (Å²) in [5.74, 6) is -0.299. The molecule has 0 aliphatic carbocycles. The maximum Gasteiger partial charge on any atom is 0.333 e. The third-order valence-electron chi connectivity index (χ3n) is 3.19. The number of para-hydroxylation sites is 1. The number of rotatable bonds is 5. The summed E-state index contributed by atoms with van der Waals surface area (Å²) in [6, 6.07) is 9.04. The van der Waals surface area contributed by atoms with Crippen molar-refractivity contribution in [3.63, 3.8) is 0 Å². The van der Waals surface area contributed by atoms with Crippen LogP contribution >= 0.6 is 0 Å². The molecule has 2 rings (SSSR count). The predicted molar refractivity (Wildman–Crippen MR) is 77.4 cm³/mol. The van der Waals surface area contributed by atoms with Gasteiger partial charge in [0.2, 0.25) is 0 Å². The van der Waals surface area contributed by atoms with Crippen molar-refractivity contribution in [2.45, 2.75) is 19.9 Å². The first-order valence-corrected chi connectivity index (χ1v) is 6.60. The molecule has 1 aromatic heterocycles. The Balaban J connectivity index is 2.30. The van der Waals surface area contributed by atoms with Crippen molar-refractivity contribution >= 4 is 11.7 Å². The summed E-state index contributed by atoms with van der Waals surface area (Å²) in [5, 5.41) is 7.40. The molecule has 1 heterocycles. The second-order valence-corrected chi connectivity index (χ2v) is 4.50. The Morgan fingerprint density at radius 3 is 2.65 bits per heavy atom. The van der Waals surface area contributed by atoms with E-state index < -0.39 is 6.04 Å². The van der Waals surface area contributed by atoms with Crippen LogP contribution in [0, 0.1) is 6.92 Å². The van der Waals surface area contributed by atoms with Gasteiger partial charge in [-0.15, -0.1) is 0 Å². The molecule has 0 saturated carbocycles. The third kappa shape index (κ3) is 2.99. The van der Waals surface area contributed by atoms with Gasteiger partial charge in [-0.05, 0) is 26.0 Å². The number of hydrogen-bond donors (Lipinski definition) is 1. The summed E-state index contributed by atoms with van der Waals surface area (Å²) in [6.07, 6.45) is 1.70. The molecular weight excluding hydrogens is 254 g/mol. The number of hydrogen-bond acceptors (Lipinski definition) is 4. The number of esters is 1.